The van der Waals surface area contributed by atoms with Gasteiger partial charge in [0.2, 0.25) is 0 Å². The van der Waals surface area contributed by atoms with Crippen molar-refractivity contribution in [2.24, 2.45) is 5.73 Å². The van der Waals surface area contributed by atoms with Gasteiger partial charge in [-0.2, -0.15) is 0 Å². The third kappa shape index (κ3) is 2.88. The maximum absolute atomic E-state index is 5.89. The Morgan fingerprint density at radius 3 is 2.83 bits per heavy atom. The summed E-state index contributed by atoms with van der Waals surface area (Å²) in [5.74, 6) is 0. The Bertz CT molecular complexity index is 377. The molecule has 4 heteroatoms. The molecule has 1 aromatic heterocycles. The van der Waals surface area contributed by atoms with Crippen molar-refractivity contribution in [3.8, 4) is 0 Å². The van der Waals surface area contributed by atoms with Gasteiger partial charge in [0.05, 0.1) is 5.69 Å². The standard InChI is InChI=1S/C14H24N4/c1-14(2)11-18(10-13(8-15)17(14)3)9-12-6-4-5-7-16-12/h4-7,13H,8-11,15H2,1-3H3. The monoisotopic (exact) mass is 248 g/mol. The second-order valence-electron chi connectivity index (χ2n) is 5.80. The van der Waals surface area contributed by atoms with Gasteiger partial charge in [0, 0.05) is 44.0 Å². The van der Waals surface area contributed by atoms with Crippen LogP contribution >= 0.6 is 0 Å². The van der Waals surface area contributed by atoms with Gasteiger partial charge in [-0.3, -0.25) is 14.8 Å². The van der Waals surface area contributed by atoms with Gasteiger partial charge in [-0.1, -0.05) is 6.07 Å². The zero-order chi connectivity index (χ0) is 13.2. The molecule has 2 rings (SSSR count). The summed E-state index contributed by atoms with van der Waals surface area (Å²) in [4.78, 5) is 9.27. The van der Waals surface area contributed by atoms with Gasteiger partial charge in [0.25, 0.3) is 0 Å². The summed E-state index contributed by atoms with van der Waals surface area (Å²) in [6, 6.07) is 6.52. The van der Waals surface area contributed by atoms with Crippen molar-refractivity contribution in [3.63, 3.8) is 0 Å². The van der Waals surface area contributed by atoms with E-state index in [2.05, 4.69) is 41.7 Å². The smallest absolute Gasteiger partial charge is 0.0543 e. The maximum atomic E-state index is 5.89. The minimum atomic E-state index is 0.164. The molecule has 1 saturated heterocycles. The molecule has 0 aromatic carbocycles. The zero-order valence-electron chi connectivity index (χ0n) is 11.6. The number of rotatable bonds is 3. The summed E-state index contributed by atoms with van der Waals surface area (Å²) in [6.07, 6.45) is 1.86. The fourth-order valence-electron chi connectivity index (χ4n) is 2.71. The first-order valence-electron chi connectivity index (χ1n) is 6.58. The Balaban J connectivity index is 2.06. The Labute approximate surface area is 110 Å². The van der Waals surface area contributed by atoms with E-state index in [9.17, 15) is 0 Å². The van der Waals surface area contributed by atoms with E-state index >= 15 is 0 Å². The molecule has 1 unspecified atom stereocenters. The molecule has 0 saturated carbocycles. The van der Waals surface area contributed by atoms with Gasteiger partial charge < -0.3 is 5.73 Å². The molecule has 4 nitrogen and oxygen atoms in total. The number of piperazine rings is 1. The summed E-state index contributed by atoms with van der Waals surface area (Å²) in [6.45, 7) is 8.25. The molecule has 0 aliphatic carbocycles. The number of nitrogens with zero attached hydrogens (tertiary/aromatic N) is 3. The molecular formula is C14H24N4. The first-order valence-corrected chi connectivity index (χ1v) is 6.58. The maximum Gasteiger partial charge on any atom is 0.0543 e. The lowest BCUT2D eigenvalue weighted by Gasteiger charge is -2.50. The van der Waals surface area contributed by atoms with Crippen molar-refractivity contribution < 1.29 is 0 Å². The van der Waals surface area contributed by atoms with Crippen molar-refractivity contribution in [1.29, 1.82) is 0 Å². The third-order valence-electron chi connectivity index (χ3n) is 3.97. The van der Waals surface area contributed by atoms with Crippen molar-refractivity contribution in [3.05, 3.63) is 30.1 Å². The van der Waals surface area contributed by atoms with Crippen molar-refractivity contribution >= 4 is 0 Å². The van der Waals surface area contributed by atoms with E-state index in [4.69, 9.17) is 5.73 Å². The Kier molecular flexibility index (Phi) is 4.00. The third-order valence-corrected chi connectivity index (χ3v) is 3.97. The molecule has 18 heavy (non-hydrogen) atoms. The summed E-state index contributed by atoms with van der Waals surface area (Å²) < 4.78 is 0. The summed E-state index contributed by atoms with van der Waals surface area (Å²) in [5.41, 5.74) is 7.18. The second kappa shape index (κ2) is 5.34. The summed E-state index contributed by atoms with van der Waals surface area (Å²) >= 11 is 0. The molecule has 0 spiro atoms. The van der Waals surface area contributed by atoms with Gasteiger partial charge in [-0.05, 0) is 33.0 Å². The van der Waals surface area contributed by atoms with Gasteiger partial charge in [-0.15, -0.1) is 0 Å². The SMILES string of the molecule is CN1C(CN)CN(Cc2ccccn2)CC1(C)C. The topological polar surface area (TPSA) is 45.4 Å². The number of pyridine rings is 1. The highest BCUT2D eigenvalue weighted by atomic mass is 15.3. The van der Waals surface area contributed by atoms with Crippen molar-refractivity contribution in [2.75, 3.05) is 26.7 Å². The average molecular weight is 248 g/mol. The second-order valence-corrected chi connectivity index (χ2v) is 5.80. The van der Waals surface area contributed by atoms with Crippen LogP contribution < -0.4 is 5.73 Å². The van der Waals surface area contributed by atoms with Crippen LogP contribution in [0.3, 0.4) is 0 Å². The molecule has 0 bridgehead atoms. The number of hydrogen-bond acceptors (Lipinski definition) is 4. The zero-order valence-corrected chi connectivity index (χ0v) is 11.6. The Hall–Kier alpha value is -0.970. The quantitative estimate of drug-likeness (QED) is 0.864. The molecule has 0 amide bonds. The van der Waals surface area contributed by atoms with Crippen LogP contribution in [0.25, 0.3) is 0 Å². The van der Waals surface area contributed by atoms with Gasteiger partial charge in [-0.25, -0.2) is 0 Å². The van der Waals surface area contributed by atoms with Crippen LogP contribution in [0, 0.1) is 0 Å². The number of nitrogens with two attached hydrogens (primary N) is 1. The lowest BCUT2D eigenvalue weighted by atomic mass is 9.95. The number of aromatic nitrogens is 1. The molecule has 1 fully saturated rings. The highest BCUT2D eigenvalue weighted by Crippen LogP contribution is 2.23. The predicted octanol–water partition coefficient (Wildman–Crippen LogP) is 0.935. The van der Waals surface area contributed by atoms with E-state index < -0.39 is 0 Å². The average Bonchev–Trinajstić information content (AvgIpc) is 2.34. The number of hydrogen-bond donors (Lipinski definition) is 1. The first-order chi connectivity index (χ1) is 8.53. The van der Waals surface area contributed by atoms with Crippen molar-refractivity contribution in [1.82, 2.24) is 14.8 Å². The summed E-state index contributed by atoms with van der Waals surface area (Å²) in [5, 5.41) is 0. The highest BCUT2D eigenvalue weighted by Gasteiger charge is 2.36. The van der Waals surface area contributed by atoms with Gasteiger partial charge in [0.1, 0.15) is 0 Å². The highest BCUT2D eigenvalue weighted by molar-refractivity contribution is 5.05. The summed E-state index contributed by atoms with van der Waals surface area (Å²) in [7, 11) is 2.18. The van der Waals surface area contributed by atoms with Crippen LogP contribution in [0.4, 0.5) is 0 Å². The largest absolute Gasteiger partial charge is 0.329 e. The fourth-order valence-corrected chi connectivity index (χ4v) is 2.71. The number of likely N-dealkylation sites (N-methyl/N-ethyl adjacent to an activating group) is 1. The van der Waals surface area contributed by atoms with E-state index in [1.165, 1.54) is 0 Å². The molecule has 1 aliphatic heterocycles. The van der Waals surface area contributed by atoms with Crippen LogP contribution in [0.15, 0.2) is 24.4 Å². The van der Waals surface area contributed by atoms with E-state index in [-0.39, 0.29) is 5.54 Å². The van der Waals surface area contributed by atoms with E-state index in [1.807, 2.05) is 18.3 Å². The van der Waals surface area contributed by atoms with Crippen LogP contribution in [-0.2, 0) is 6.54 Å². The van der Waals surface area contributed by atoms with E-state index in [0.29, 0.717) is 12.6 Å². The molecule has 0 radical (unpaired) electrons. The molecule has 2 heterocycles. The Morgan fingerprint density at radius 1 is 1.44 bits per heavy atom. The molecule has 2 N–H and O–H groups in total. The fraction of sp³-hybridized carbons (Fsp3) is 0.643. The molecule has 1 aromatic rings. The normalized spacial score (nSPS) is 25.2. The first kappa shape index (κ1) is 13.5. The van der Waals surface area contributed by atoms with Gasteiger partial charge >= 0.3 is 0 Å². The van der Waals surface area contributed by atoms with Crippen LogP contribution in [0.1, 0.15) is 19.5 Å². The van der Waals surface area contributed by atoms with Crippen LogP contribution in [0.5, 0.6) is 0 Å². The lowest BCUT2D eigenvalue weighted by Crippen LogP contribution is -2.63. The van der Waals surface area contributed by atoms with Gasteiger partial charge in [0.15, 0.2) is 0 Å². The van der Waals surface area contributed by atoms with Crippen molar-refractivity contribution in [2.45, 2.75) is 32.0 Å². The molecule has 1 aliphatic rings. The molecule has 100 valence electrons. The van der Waals surface area contributed by atoms with Crippen LogP contribution in [0.2, 0.25) is 0 Å². The minimum Gasteiger partial charge on any atom is -0.329 e. The van der Waals surface area contributed by atoms with E-state index in [1.54, 1.807) is 0 Å². The molecular weight excluding hydrogens is 224 g/mol. The predicted molar refractivity (Wildman–Crippen MR) is 74.2 cm³/mol. The Morgan fingerprint density at radius 2 is 2.22 bits per heavy atom. The van der Waals surface area contributed by atoms with Crippen LogP contribution in [-0.4, -0.2) is 53.0 Å². The lowest BCUT2D eigenvalue weighted by molar-refractivity contribution is -0.00674. The minimum absolute atomic E-state index is 0.164. The van der Waals surface area contributed by atoms with E-state index in [0.717, 1.165) is 25.3 Å². The molecule has 1 atom stereocenters.